The average Bonchev–Trinajstić information content (AvgIpc) is 2.99. The number of methoxy groups -OCH3 is 1. The number of fused-ring (bicyclic) bond motifs is 1. The molecule has 0 aliphatic carbocycles. The number of aromatic nitrogens is 2. The maximum Gasteiger partial charge on any atom is 0.194 e. The molecule has 19 heavy (non-hydrogen) atoms. The molecule has 0 fully saturated rings. The molecule has 3 nitrogen and oxygen atoms in total. The van der Waals surface area contributed by atoms with Gasteiger partial charge in [-0.1, -0.05) is 6.92 Å². The monoisotopic (exact) mass is 276 g/mol. The van der Waals surface area contributed by atoms with Crippen LogP contribution in [0.15, 0.2) is 29.8 Å². The minimum absolute atomic E-state index is 0.246. The van der Waals surface area contributed by atoms with Gasteiger partial charge in [-0.15, -0.1) is 11.3 Å². The average molecular weight is 276 g/mol. The molecule has 0 unspecified atom stereocenters. The van der Waals surface area contributed by atoms with Crippen LogP contribution < -0.4 is 4.74 Å². The first kappa shape index (κ1) is 12.2. The summed E-state index contributed by atoms with van der Waals surface area (Å²) in [5, 5.41) is 2.01. The van der Waals surface area contributed by atoms with Crippen molar-refractivity contribution in [2.24, 2.45) is 0 Å². The Hall–Kier alpha value is -1.88. The van der Waals surface area contributed by atoms with Gasteiger partial charge in [0.1, 0.15) is 0 Å². The Bertz CT molecular complexity index is 732. The van der Waals surface area contributed by atoms with Gasteiger partial charge in [0.25, 0.3) is 0 Å². The molecule has 2 aromatic heterocycles. The van der Waals surface area contributed by atoms with Crippen molar-refractivity contribution in [2.75, 3.05) is 7.11 Å². The minimum Gasteiger partial charge on any atom is -0.494 e. The highest BCUT2D eigenvalue weighted by Gasteiger charge is 2.15. The van der Waals surface area contributed by atoms with Gasteiger partial charge >= 0.3 is 0 Å². The largest absolute Gasteiger partial charge is 0.494 e. The number of imidazole rings is 1. The Balaban J connectivity index is 2.20. The fourth-order valence-corrected chi connectivity index (χ4v) is 2.94. The Kier molecular flexibility index (Phi) is 2.98. The van der Waals surface area contributed by atoms with E-state index in [1.165, 1.54) is 13.2 Å². The predicted octanol–water partition coefficient (Wildman–Crippen LogP) is 3.77. The zero-order valence-electron chi connectivity index (χ0n) is 10.7. The molecule has 0 saturated carbocycles. The molecule has 3 rings (SSSR count). The zero-order chi connectivity index (χ0) is 13.4. The lowest BCUT2D eigenvalue weighted by molar-refractivity contribution is 0.387. The third-order valence-corrected chi connectivity index (χ3v) is 3.88. The van der Waals surface area contributed by atoms with Crippen LogP contribution >= 0.6 is 11.3 Å². The van der Waals surface area contributed by atoms with Gasteiger partial charge in [0.05, 0.1) is 18.5 Å². The van der Waals surface area contributed by atoms with Crippen molar-refractivity contribution < 1.29 is 9.13 Å². The SMILES string of the molecule is CCc1c(-c2ccc(F)c(OC)c2)nc2sccn12. The molecule has 2 heterocycles. The highest BCUT2D eigenvalue weighted by atomic mass is 32.1. The molecule has 98 valence electrons. The fraction of sp³-hybridized carbons (Fsp3) is 0.214. The third kappa shape index (κ3) is 1.90. The van der Waals surface area contributed by atoms with E-state index in [2.05, 4.69) is 16.3 Å². The van der Waals surface area contributed by atoms with E-state index in [9.17, 15) is 4.39 Å². The number of thiazole rings is 1. The second-order valence-corrected chi connectivity index (χ2v) is 5.04. The summed E-state index contributed by atoms with van der Waals surface area (Å²) in [5.74, 6) is -0.110. The first-order valence-electron chi connectivity index (χ1n) is 6.03. The van der Waals surface area contributed by atoms with Gasteiger partial charge in [0, 0.05) is 17.1 Å². The lowest BCUT2D eigenvalue weighted by Crippen LogP contribution is -1.92. The minimum atomic E-state index is -0.356. The quantitative estimate of drug-likeness (QED) is 0.728. The summed E-state index contributed by atoms with van der Waals surface area (Å²) in [6.07, 6.45) is 2.88. The van der Waals surface area contributed by atoms with E-state index in [-0.39, 0.29) is 11.6 Å². The molecular formula is C14H13FN2OS. The standard InChI is InChI=1S/C14H13FN2OS/c1-3-11-13(16-14-17(11)6-7-19-14)9-4-5-10(15)12(8-9)18-2/h4-8H,3H2,1-2H3. The summed E-state index contributed by atoms with van der Waals surface area (Å²) in [5.41, 5.74) is 2.91. The molecule has 3 aromatic rings. The number of nitrogens with zero attached hydrogens (tertiary/aromatic N) is 2. The first-order chi connectivity index (χ1) is 9.24. The lowest BCUT2D eigenvalue weighted by Gasteiger charge is -2.05. The van der Waals surface area contributed by atoms with Gasteiger partial charge in [-0.3, -0.25) is 4.40 Å². The summed E-state index contributed by atoms with van der Waals surface area (Å²) in [4.78, 5) is 5.58. The fourth-order valence-electron chi connectivity index (χ4n) is 2.21. The van der Waals surface area contributed by atoms with Crippen LogP contribution in [0.2, 0.25) is 0 Å². The maximum atomic E-state index is 13.5. The number of hydrogen-bond acceptors (Lipinski definition) is 3. The summed E-state index contributed by atoms with van der Waals surface area (Å²) in [6, 6.07) is 4.85. The summed E-state index contributed by atoms with van der Waals surface area (Å²) >= 11 is 1.59. The van der Waals surface area contributed by atoms with Gasteiger partial charge in [-0.05, 0) is 24.6 Å². The molecule has 0 saturated heterocycles. The smallest absolute Gasteiger partial charge is 0.194 e. The molecule has 0 atom stereocenters. The molecular weight excluding hydrogens is 263 g/mol. The van der Waals surface area contributed by atoms with E-state index < -0.39 is 0 Å². The summed E-state index contributed by atoms with van der Waals surface area (Å²) in [7, 11) is 1.47. The van der Waals surface area contributed by atoms with E-state index in [0.717, 1.165) is 28.3 Å². The van der Waals surface area contributed by atoms with Crippen molar-refractivity contribution in [2.45, 2.75) is 13.3 Å². The molecule has 0 bridgehead atoms. The van der Waals surface area contributed by atoms with Gasteiger partial charge in [-0.25, -0.2) is 9.37 Å². The second kappa shape index (κ2) is 4.66. The molecule has 0 radical (unpaired) electrons. The number of halogens is 1. The van der Waals surface area contributed by atoms with E-state index in [1.807, 2.05) is 11.6 Å². The number of rotatable bonds is 3. The molecule has 0 aliphatic rings. The van der Waals surface area contributed by atoms with Crippen LogP contribution in [0.5, 0.6) is 5.75 Å². The molecule has 5 heteroatoms. The predicted molar refractivity (Wildman–Crippen MR) is 74.4 cm³/mol. The van der Waals surface area contributed by atoms with Crippen LogP contribution in [-0.2, 0) is 6.42 Å². The van der Waals surface area contributed by atoms with Crippen LogP contribution in [0.1, 0.15) is 12.6 Å². The topological polar surface area (TPSA) is 26.5 Å². The molecule has 1 aromatic carbocycles. The van der Waals surface area contributed by atoms with E-state index in [0.29, 0.717) is 0 Å². The van der Waals surface area contributed by atoms with Crippen LogP contribution in [0, 0.1) is 5.82 Å². The van der Waals surface area contributed by atoms with Crippen molar-refractivity contribution in [3.63, 3.8) is 0 Å². The Morgan fingerprint density at radius 1 is 1.42 bits per heavy atom. The van der Waals surface area contributed by atoms with Gasteiger partial charge in [0.2, 0.25) is 0 Å². The van der Waals surface area contributed by atoms with Crippen molar-refractivity contribution in [1.29, 1.82) is 0 Å². The van der Waals surface area contributed by atoms with Crippen molar-refractivity contribution in [3.8, 4) is 17.0 Å². The van der Waals surface area contributed by atoms with Crippen LogP contribution in [0.3, 0.4) is 0 Å². The number of ether oxygens (including phenoxy) is 1. The van der Waals surface area contributed by atoms with Crippen LogP contribution in [-0.4, -0.2) is 16.5 Å². The Morgan fingerprint density at radius 2 is 2.26 bits per heavy atom. The van der Waals surface area contributed by atoms with Gasteiger partial charge in [0.15, 0.2) is 16.5 Å². The number of hydrogen-bond donors (Lipinski definition) is 0. The van der Waals surface area contributed by atoms with E-state index >= 15 is 0 Å². The first-order valence-corrected chi connectivity index (χ1v) is 6.91. The summed E-state index contributed by atoms with van der Waals surface area (Å²) in [6.45, 7) is 2.09. The zero-order valence-corrected chi connectivity index (χ0v) is 11.5. The highest BCUT2D eigenvalue weighted by molar-refractivity contribution is 7.15. The van der Waals surface area contributed by atoms with Gasteiger partial charge in [-0.2, -0.15) is 0 Å². The lowest BCUT2D eigenvalue weighted by atomic mass is 10.1. The molecule has 0 N–H and O–H groups in total. The van der Waals surface area contributed by atoms with Crippen molar-refractivity contribution in [1.82, 2.24) is 9.38 Å². The van der Waals surface area contributed by atoms with Crippen molar-refractivity contribution >= 4 is 16.3 Å². The Morgan fingerprint density at radius 3 is 3.00 bits per heavy atom. The molecule has 0 spiro atoms. The van der Waals surface area contributed by atoms with E-state index in [4.69, 9.17) is 4.74 Å². The van der Waals surface area contributed by atoms with Crippen LogP contribution in [0.25, 0.3) is 16.2 Å². The van der Waals surface area contributed by atoms with Gasteiger partial charge < -0.3 is 4.74 Å². The number of aryl methyl sites for hydroxylation is 1. The normalized spacial score (nSPS) is 11.1. The molecule has 0 aliphatic heterocycles. The maximum absolute atomic E-state index is 13.5. The molecule has 0 amide bonds. The van der Waals surface area contributed by atoms with E-state index in [1.54, 1.807) is 23.5 Å². The second-order valence-electron chi connectivity index (χ2n) is 4.17. The summed E-state index contributed by atoms with van der Waals surface area (Å²) < 4.78 is 20.6. The number of benzene rings is 1. The Labute approximate surface area is 114 Å². The third-order valence-electron chi connectivity index (χ3n) is 3.12. The van der Waals surface area contributed by atoms with Crippen LogP contribution in [0.4, 0.5) is 4.39 Å². The highest BCUT2D eigenvalue weighted by Crippen LogP contribution is 2.30. The van der Waals surface area contributed by atoms with Crippen molar-refractivity contribution in [3.05, 3.63) is 41.3 Å².